The van der Waals surface area contributed by atoms with Crippen LogP contribution in [-0.2, 0) is 7.05 Å². The van der Waals surface area contributed by atoms with Gasteiger partial charge in [0, 0.05) is 24.7 Å². The van der Waals surface area contributed by atoms with Gasteiger partial charge in [-0.1, -0.05) is 18.2 Å². The fourth-order valence-electron chi connectivity index (χ4n) is 2.57. The molecule has 3 aromatic rings. The zero-order chi connectivity index (χ0) is 14.1. The van der Waals surface area contributed by atoms with Crippen molar-refractivity contribution < 1.29 is 4.42 Å². The van der Waals surface area contributed by atoms with E-state index in [1.54, 1.807) is 0 Å². The van der Waals surface area contributed by atoms with Crippen molar-refractivity contribution in [2.24, 2.45) is 7.05 Å². The van der Waals surface area contributed by atoms with Gasteiger partial charge in [0.1, 0.15) is 11.3 Å². The number of para-hydroxylation sites is 1. The molecule has 2 atom stereocenters. The van der Waals surface area contributed by atoms with Crippen LogP contribution in [0.1, 0.15) is 37.4 Å². The van der Waals surface area contributed by atoms with Crippen molar-refractivity contribution in [3.05, 3.63) is 54.0 Å². The number of furan rings is 1. The summed E-state index contributed by atoms with van der Waals surface area (Å²) in [6.07, 6.45) is 1.82. The molecule has 2 heterocycles. The summed E-state index contributed by atoms with van der Waals surface area (Å²) in [5, 5.41) is 8.89. The lowest BCUT2D eigenvalue weighted by Crippen LogP contribution is -2.23. The number of aromatic nitrogens is 2. The summed E-state index contributed by atoms with van der Waals surface area (Å²) in [4.78, 5) is 0. The molecular formula is C16H19N3O. The largest absolute Gasteiger partial charge is 0.459 e. The SMILES string of the molecule is CC(NC(C)c1ccnn1C)c1cc2ccccc2o1. The Morgan fingerprint density at radius 2 is 1.95 bits per heavy atom. The van der Waals surface area contributed by atoms with Crippen molar-refractivity contribution in [3.8, 4) is 0 Å². The summed E-state index contributed by atoms with van der Waals surface area (Å²) in [7, 11) is 1.96. The Kier molecular flexibility index (Phi) is 3.32. The number of aryl methyl sites for hydroxylation is 1. The van der Waals surface area contributed by atoms with Gasteiger partial charge in [0.2, 0.25) is 0 Å². The Morgan fingerprint density at radius 1 is 1.15 bits per heavy atom. The van der Waals surface area contributed by atoms with Gasteiger partial charge in [-0.3, -0.25) is 10.00 Å². The van der Waals surface area contributed by atoms with E-state index in [0.717, 1.165) is 22.4 Å². The molecule has 0 saturated carbocycles. The van der Waals surface area contributed by atoms with Crippen molar-refractivity contribution in [3.63, 3.8) is 0 Å². The molecule has 0 radical (unpaired) electrons. The van der Waals surface area contributed by atoms with Gasteiger partial charge in [0.05, 0.1) is 11.7 Å². The third-order valence-corrected chi connectivity index (χ3v) is 3.67. The van der Waals surface area contributed by atoms with E-state index >= 15 is 0 Å². The first kappa shape index (κ1) is 12.9. The van der Waals surface area contributed by atoms with Crippen LogP contribution in [0.2, 0.25) is 0 Å². The van der Waals surface area contributed by atoms with Crippen LogP contribution in [0.15, 0.2) is 47.0 Å². The zero-order valence-electron chi connectivity index (χ0n) is 12.0. The van der Waals surface area contributed by atoms with Crippen LogP contribution in [0, 0.1) is 0 Å². The number of hydrogen-bond donors (Lipinski definition) is 1. The normalized spacial score (nSPS) is 14.6. The second kappa shape index (κ2) is 5.13. The summed E-state index contributed by atoms with van der Waals surface area (Å²) in [5.74, 6) is 0.959. The summed E-state index contributed by atoms with van der Waals surface area (Å²) in [6, 6.07) is 12.6. The molecule has 0 aliphatic rings. The van der Waals surface area contributed by atoms with Crippen LogP contribution >= 0.6 is 0 Å². The molecule has 20 heavy (non-hydrogen) atoms. The minimum Gasteiger partial charge on any atom is -0.459 e. The van der Waals surface area contributed by atoms with Gasteiger partial charge < -0.3 is 4.42 Å². The molecule has 4 nitrogen and oxygen atoms in total. The Hall–Kier alpha value is -2.07. The molecule has 0 amide bonds. The predicted molar refractivity (Wildman–Crippen MR) is 79.4 cm³/mol. The molecule has 4 heteroatoms. The lowest BCUT2D eigenvalue weighted by Gasteiger charge is -2.18. The first-order valence-electron chi connectivity index (χ1n) is 6.87. The van der Waals surface area contributed by atoms with Crippen LogP contribution in [0.25, 0.3) is 11.0 Å². The second-order valence-electron chi connectivity index (χ2n) is 5.18. The minimum absolute atomic E-state index is 0.146. The van der Waals surface area contributed by atoms with Crippen molar-refractivity contribution in [1.82, 2.24) is 15.1 Å². The Labute approximate surface area is 118 Å². The number of fused-ring (bicyclic) bond motifs is 1. The maximum absolute atomic E-state index is 5.89. The highest BCUT2D eigenvalue weighted by Gasteiger charge is 2.16. The van der Waals surface area contributed by atoms with E-state index in [2.05, 4.69) is 36.4 Å². The fraction of sp³-hybridized carbons (Fsp3) is 0.312. The molecule has 2 aromatic heterocycles. The average molecular weight is 269 g/mol. The van der Waals surface area contributed by atoms with Crippen LogP contribution < -0.4 is 5.32 Å². The number of benzene rings is 1. The lowest BCUT2D eigenvalue weighted by atomic mass is 10.1. The summed E-state index contributed by atoms with van der Waals surface area (Å²) in [6.45, 7) is 4.25. The molecule has 2 unspecified atom stereocenters. The van der Waals surface area contributed by atoms with E-state index in [1.807, 2.05) is 42.2 Å². The van der Waals surface area contributed by atoms with Gasteiger partial charge in [-0.05, 0) is 32.0 Å². The summed E-state index contributed by atoms with van der Waals surface area (Å²) < 4.78 is 7.79. The number of rotatable bonds is 4. The molecule has 0 saturated heterocycles. The van der Waals surface area contributed by atoms with E-state index in [0.29, 0.717) is 0 Å². The van der Waals surface area contributed by atoms with Gasteiger partial charge in [-0.2, -0.15) is 5.10 Å². The highest BCUT2D eigenvalue weighted by molar-refractivity contribution is 5.77. The fourth-order valence-corrected chi connectivity index (χ4v) is 2.57. The van der Waals surface area contributed by atoms with E-state index in [1.165, 1.54) is 0 Å². The molecule has 0 aliphatic heterocycles. The predicted octanol–water partition coefficient (Wildman–Crippen LogP) is 3.58. The average Bonchev–Trinajstić information content (AvgIpc) is 3.04. The van der Waals surface area contributed by atoms with Crippen molar-refractivity contribution in [1.29, 1.82) is 0 Å². The molecule has 104 valence electrons. The monoisotopic (exact) mass is 269 g/mol. The van der Waals surface area contributed by atoms with E-state index in [9.17, 15) is 0 Å². The molecule has 0 aliphatic carbocycles. The first-order chi connectivity index (χ1) is 9.65. The van der Waals surface area contributed by atoms with Crippen LogP contribution in [0.3, 0.4) is 0 Å². The van der Waals surface area contributed by atoms with E-state index in [-0.39, 0.29) is 12.1 Å². The molecule has 1 aromatic carbocycles. The molecular weight excluding hydrogens is 250 g/mol. The molecule has 1 N–H and O–H groups in total. The van der Waals surface area contributed by atoms with Gasteiger partial charge in [-0.15, -0.1) is 0 Å². The van der Waals surface area contributed by atoms with Gasteiger partial charge in [0.15, 0.2) is 0 Å². The van der Waals surface area contributed by atoms with Crippen molar-refractivity contribution >= 4 is 11.0 Å². The third-order valence-electron chi connectivity index (χ3n) is 3.67. The molecule has 0 fully saturated rings. The second-order valence-corrected chi connectivity index (χ2v) is 5.18. The Balaban J connectivity index is 1.79. The quantitative estimate of drug-likeness (QED) is 0.787. The summed E-state index contributed by atoms with van der Waals surface area (Å²) >= 11 is 0. The van der Waals surface area contributed by atoms with Crippen LogP contribution in [0.5, 0.6) is 0 Å². The topological polar surface area (TPSA) is 43.0 Å². The maximum atomic E-state index is 5.89. The number of hydrogen-bond acceptors (Lipinski definition) is 3. The van der Waals surface area contributed by atoms with Crippen molar-refractivity contribution in [2.45, 2.75) is 25.9 Å². The van der Waals surface area contributed by atoms with Crippen LogP contribution in [-0.4, -0.2) is 9.78 Å². The number of nitrogens with zero attached hydrogens (tertiary/aromatic N) is 2. The van der Waals surface area contributed by atoms with Gasteiger partial charge in [-0.25, -0.2) is 0 Å². The standard InChI is InChI=1S/C16H19N3O/c1-11(14-8-9-17-19(14)3)18-12(2)16-10-13-6-4-5-7-15(13)20-16/h4-12,18H,1-3H3. The zero-order valence-corrected chi connectivity index (χ0v) is 12.0. The third kappa shape index (κ3) is 2.34. The number of nitrogens with one attached hydrogen (secondary N) is 1. The Bertz CT molecular complexity index is 680. The maximum Gasteiger partial charge on any atom is 0.134 e. The van der Waals surface area contributed by atoms with Gasteiger partial charge in [0.25, 0.3) is 0 Å². The van der Waals surface area contributed by atoms with E-state index in [4.69, 9.17) is 4.42 Å². The molecule has 0 bridgehead atoms. The van der Waals surface area contributed by atoms with Gasteiger partial charge >= 0.3 is 0 Å². The smallest absolute Gasteiger partial charge is 0.134 e. The Morgan fingerprint density at radius 3 is 2.65 bits per heavy atom. The highest BCUT2D eigenvalue weighted by Crippen LogP contribution is 2.25. The molecule has 0 spiro atoms. The summed E-state index contributed by atoms with van der Waals surface area (Å²) in [5.41, 5.74) is 2.09. The highest BCUT2D eigenvalue weighted by atomic mass is 16.3. The molecule has 3 rings (SSSR count). The van der Waals surface area contributed by atoms with E-state index < -0.39 is 0 Å². The van der Waals surface area contributed by atoms with Crippen LogP contribution in [0.4, 0.5) is 0 Å². The minimum atomic E-state index is 0.146. The first-order valence-corrected chi connectivity index (χ1v) is 6.87. The lowest BCUT2D eigenvalue weighted by molar-refractivity contribution is 0.407. The van der Waals surface area contributed by atoms with Crippen molar-refractivity contribution in [2.75, 3.05) is 0 Å².